The van der Waals surface area contributed by atoms with Gasteiger partial charge in [-0.05, 0) is 44.2 Å². The summed E-state index contributed by atoms with van der Waals surface area (Å²) in [4.78, 5) is 23.9. The third-order valence-electron chi connectivity index (χ3n) is 4.06. The third-order valence-corrected chi connectivity index (χ3v) is 4.06. The van der Waals surface area contributed by atoms with E-state index in [0.29, 0.717) is 29.2 Å². The second kappa shape index (κ2) is 10.8. The first kappa shape index (κ1) is 21.9. The fourth-order valence-corrected chi connectivity index (χ4v) is 2.67. The van der Waals surface area contributed by atoms with Gasteiger partial charge in [0.25, 0.3) is 0 Å². The molecule has 2 aromatic rings. The van der Waals surface area contributed by atoms with Crippen LogP contribution in [0.3, 0.4) is 0 Å². The summed E-state index contributed by atoms with van der Waals surface area (Å²) >= 11 is 0. The van der Waals surface area contributed by atoms with Crippen LogP contribution in [0.2, 0.25) is 0 Å². The third kappa shape index (κ3) is 5.78. The molecule has 0 bridgehead atoms. The summed E-state index contributed by atoms with van der Waals surface area (Å²) in [7, 11) is 2.75. The lowest BCUT2D eigenvalue weighted by molar-refractivity contribution is 0.131. The highest BCUT2D eigenvalue weighted by atomic mass is 19.1. The number of anilines is 1. The second-order valence-electron chi connectivity index (χ2n) is 5.92. The molecule has 8 heteroatoms. The van der Waals surface area contributed by atoms with E-state index in [2.05, 4.69) is 10.3 Å². The van der Waals surface area contributed by atoms with Crippen molar-refractivity contribution in [2.75, 3.05) is 25.7 Å². The standard InChI is InChI=1S/C21H24FN3O4/c1-5-25(21(26)27-3)19-9-7-6-8-17(19)14-29-23-15(2)20(24-28-4)16-10-12-18(22)13-11-16/h6-13H,5,14H2,1-4H3/b23-15?,24-20+. The Hall–Kier alpha value is -3.42. The van der Waals surface area contributed by atoms with E-state index < -0.39 is 6.09 Å². The van der Waals surface area contributed by atoms with Gasteiger partial charge in [-0.2, -0.15) is 0 Å². The number of amides is 1. The van der Waals surface area contributed by atoms with Crippen LogP contribution >= 0.6 is 0 Å². The minimum absolute atomic E-state index is 0.130. The smallest absolute Gasteiger partial charge is 0.413 e. The van der Waals surface area contributed by atoms with Gasteiger partial charge < -0.3 is 14.4 Å². The number of methoxy groups -OCH3 is 1. The maximum absolute atomic E-state index is 13.2. The van der Waals surface area contributed by atoms with Crippen molar-refractivity contribution < 1.29 is 23.6 Å². The molecule has 0 aliphatic heterocycles. The molecule has 0 aromatic heterocycles. The number of halogens is 1. The number of hydrogen-bond donors (Lipinski definition) is 0. The van der Waals surface area contributed by atoms with Crippen LogP contribution in [-0.2, 0) is 21.0 Å². The van der Waals surface area contributed by atoms with Crippen molar-refractivity contribution >= 4 is 23.2 Å². The van der Waals surface area contributed by atoms with Gasteiger partial charge in [-0.1, -0.05) is 28.5 Å². The van der Waals surface area contributed by atoms with Crippen molar-refractivity contribution in [1.82, 2.24) is 0 Å². The molecule has 7 nitrogen and oxygen atoms in total. The van der Waals surface area contributed by atoms with Crippen molar-refractivity contribution in [2.45, 2.75) is 20.5 Å². The molecule has 29 heavy (non-hydrogen) atoms. The number of para-hydroxylation sites is 1. The Labute approximate surface area is 169 Å². The fraction of sp³-hybridized carbons (Fsp3) is 0.286. The summed E-state index contributed by atoms with van der Waals surface area (Å²) in [5.74, 6) is -0.348. The zero-order chi connectivity index (χ0) is 21.2. The van der Waals surface area contributed by atoms with E-state index >= 15 is 0 Å². The quantitative estimate of drug-likeness (QED) is 0.487. The lowest BCUT2D eigenvalue weighted by Gasteiger charge is -2.21. The number of ether oxygens (including phenoxy) is 1. The molecule has 2 aromatic carbocycles. The van der Waals surface area contributed by atoms with Crippen LogP contribution in [0.25, 0.3) is 0 Å². The van der Waals surface area contributed by atoms with E-state index in [9.17, 15) is 9.18 Å². The molecule has 0 saturated carbocycles. The Morgan fingerprint density at radius 2 is 1.76 bits per heavy atom. The molecule has 1 amide bonds. The monoisotopic (exact) mass is 401 g/mol. The molecule has 0 N–H and O–H groups in total. The summed E-state index contributed by atoms with van der Waals surface area (Å²) in [5.41, 5.74) is 2.96. The van der Waals surface area contributed by atoms with E-state index in [-0.39, 0.29) is 12.4 Å². The zero-order valence-corrected chi connectivity index (χ0v) is 16.9. The van der Waals surface area contributed by atoms with E-state index in [4.69, 9.17) is 14.4 Å². The summed E-state index contributed by atoms with van der Waals surface area (Å²) < 4.78 is 18.0. The van der Waals surface area contributed by atoms with Gasteiger partial charge in [-0.3, -0.25) is 4.90 Å². The molecule has 0 aliphatic carbocycles. The summed E-state index contributed by atoms with van der Waals surface area (Å²) in [6, 6.07) is 13.2. The number of benzene rings is 2. The molecule has 0 spiro atoms. The summed E-state index contributed by atoms with van der Waals surface area (Å²) in [6.45, 7) is 4.14. The number of carbonyl (C=O) groups is 1. The fourth-order valence-electron chi connectivity index (χ4n) is 2.67. The first-order valence-electron chi connectivity index (χ1n) is 8.99. The average molecular weight is 401 g/mol. The molecule has 0 unspecified atom stereocenters. The Bertz CT molecular complexity index is 882. The highest BCUT2D eigenvalue weighted by Gasteiger charge is 2.17. The maximum Gasteiger partial charge on any atom is 0.413 e. The molecule has 0 aliphatic rings. The summed E-state index contributed by atoms with van der Waals surface area (Å²) in [5, 5.41) is 8.06. The molecule has 0 heterocycles. The lowest BCUT2D eigenvalue weighted by Crippen LogP contribution is -2.31. The average Bonchev–Trinajstić information content (AvgIpc) is 2.74. The van der Waals surface area contributed by atoms with Gasteiger partial charge in [-0.25, -0.2) is 9.18 Å². The van der Waals surface area contributed by atoms with E-state index in [1.54, 1.807) is 19.1 Å². The number of carbonyl (C=O) groups excluding carboxylic acids is 1. The van der Waals surface area contributed by atoms with Crippen LogP contribution in [0.4, 0.5) is 14.9 Å². The van der Waals surface area contributed by atoms with Gasteiger partial charge >= 0.3 is 6.09 Å². The number of nitrogens with zero attached hydrogens (tertiary/aromatic N) is 3. The van der Waals surface area contributed by atoms with Crippen molar-refractivity contribution in [3.05, 3.63) is 65.5 Å². The highest BCUT2D eigenvalue weighted by molar-refractivity contribution is 6.47. The SMILES string of the molecule is CCN(C(=O)OC)c1ccccc1CON=C(C)/C(=N\OC)c1ccc(F)cc1. The van der Waals surface area contributed by atoms with Crippen LogP contribution in [-0.4, -0.2) is 38.3 Å². The molecular formula is C21H24FN3O4. The lowest BCUT2D eigenvalue weighted by atomic mass is 10.1. The second-order valence-corrected chi connectivity index (χ2v) is 5.92. The number of hydrogen-bond acceptors (Lipinski definition) is 6. The molecule has 0 atom stereocenters. The first-order valence-corrected chi connectivity index (χ1v) is 8.99. The highest BCUT2D eigenvalue weighted by Crippen LogP contribution is 2.22. The van der Waals surface area contributed by atoms with Crippen molar-refractivity contribution in [1.29, 1.82) is 0 Å². The molecular weight excluding hydrogens is 377 g/mol. The predicted octanol–water partition coefficient (Wildman–Crippen LogP) is 4.36. The van der Waals surface area contributed by atoms with Gasteiger partial charge in [0, 0.05) is 17.7 Å². The topological polar surface area (TPSA) is 72.7 Å². The van der Waals surface area contributed by atoms with Crippen LogP contribution < -0.4 is 4.90 Å². The van der Waals surface area contributed by atoms with Gasteiger partial charge in [0.1, 0.15) is 31.0 Å². The van der Waals surface area contributed by atoms with Crippen LogP contribution in [0.1, 0.15) is 25.0 Å². The van der Waals surface area contributed by atoms with Crippen LogP contribution in [0.15, 0.2) is 58.8 Å². The normalized spacial score (nSPS) is 11.8. The van der Waals surface area contributed by atoms with E-state index in [1.807, 2.05) is 31.2 Å². The first-order chi connectivity index (χ1) is 14.0. The minimum Gasteiger partial charge on any atom is -0.452 e. The Kier molecular flexibility index (Phi) is 8.14. The van der Waals surface area contributed by atoms with Crippen molar-refractivity contribution in [3.8, 4) is 0 Å². The van der Waals surface area contributed by atoms with Gasteiger partial charge in [-0.15, -0.1) is 0 Å². The van der Waals surface area contributed by atoms with Gasteiger partial charge in [0.15, 0.2) is 0 Å². The maximum atomic E-state index is 13.2. The number of rotatable bonds is 8. The Morgan fingerprint density at radius 1 is 1.07 bits per heavy atom. The zero-order valence-electron chi connectivity index (χ0n) is 16.9. The molecule has 0 fully saturated rings. The van der Waals surface area contributed by atoms with E-state index in [0.717, 1.165) is 5.56 Å². The minimum atomic E-state index is -0.453. The molecule has 0 radical (unpaired) electrons. The summed E-state index contributed by atoms with van der Waals surface area (Å²) in [6.07, 6.45) is -0.453. The molecule has 154 valence electrons. The molecule has 0 saturated heterocycles. The Morgan fingerprint density at radius 3 is 2.38 bits per heavy atom. The molecule has 2 rings (SSSR count). The van der Waals surface area contributed by atoms with Crippen LogP contribution in [0, 0.1) is 5.82 Å². The van der Waals surface area contributed by atoms with Gasteiger partial charge in [0.2, 0.25) is 0 Å². The Balaban J connectivity index is 2.19. The predicted molar refractivity (Wildman–Crippen MR) is 110 cm³/mol. The van der Waals surface area contributed by atoms with Crippen molar-refractivity contribution in [3.63, 3.8) is 0 Å². The van der Waals surface area contributed by atoms with Crippen LogP contribution in [0.5, 0.6) is 0 Å². The van der Waals surface area contributed by atoms with Gasteiger partial charge in [0.05, 0.1) is 12.8 Å². The van der Waals surface area contributed by atoms with Crippen molar-refractivity contribution in [2.24, 2.45) is 10.3 Å². The van der Waals surface area contributed by atoms with E-state index in [1.165, 1.54) is 31.3 Å². The largest absolute Gasteiger partial charge is 0.452 e. The number of oxime groups is 2.